The van der Waals surface area contributed by atoms with Crippen molar-refractivity contribution in [2.24, 2.45) is 5.92 Å². The van der Waals surface area contributed by atoms with Gasteiger partial charge in [0.25, 0.3) is 0 Å². The molecule has 1 aromatic carbocycles. The molecule has 0 spiro atoms. The number of para-hydroxylation sites is 1. The van der Waals surface area contributed by atoms with Crippen LogP contribution in [0.5, 0.6) is 5.75 Å². The zero-order chi connectivity index (χ0) is 15.7. The second kappa shape index (κ2) is 5.52. The number of esters is 1. The Labute approximate surface area is 126 Å². The van der Waals surface area contributed by atoms with Gasteiger partial charge < -0.3 is 13.6 Å². The third-order valence-electron chi connectivity index (χ3n) is 3.18. The van der Waals surface area contributed by atoms with Crippen LogP contribution in [0.3, 0.4) is 0 Å². The van der Waals surface area contributed by atoms with Crippen LogP contribution in [0.25, 0.3) is 22.5 Å². The molecule has 0 aliphatic rings. The first-order chi connectivity index (χ1) is 10.6. The van der Waals surface area contributed by atoms with Crippen molar-refractivity contribution in [1.82, 2.24) is 0 Å². The van der Waals surface area contributed by atoms with E-state index in [1.54, 1.807) is 50.2 Å². The van der Waals surface area contributed by atoms with E-state index < -0.39 is 11.4 Å². The van der Waals surface area contributed by atoms with Crippen molar-refractivity contribution >= 4 is 16.9 Å². The maximum Gasteiger partial charge on any atom is 0.314 e. The summed E-state index contributed by atoms with van der Waals surface area (Å²) in [6.45, 7) is 3.38. The molecular weight excluding hydrogens is 284 g/mol. The monoisotopic (exact) mass is 298 g/mol. The van der Waals surface area contributed by atoms with Gasteiger partial charge in [0.1, 0.15) is 5.58 Å². The van der Waals surface area contributed by atoms with E-state index >= 15 is 0 Å². The number of hydrogen-bond acceptors (Lipinski definition) is 5. The number of carbonyl (C=O) groups excluding carboxylic acids is 1. The van der Waals surface area contributed by atoms with Crippen molar-refractivity contribution < 1.29 is 18.4 Å². The number of benzene rings is 1. The number of ether oxygens (including phenoxy) is 1. The summed E-state index contributed by atoms with van der Waals surface area (Å²) in [6.07, 6.45) is 1.46. The van der Waals surface area contributed by atoms with E-state index in [0.717, 1.165) is 0 Å². The first kappa shape index (κ1) is 14.1. The number of carbonyl (C=O) groups is 1. The average molecular weight is 298 g/mol. The standard InChI is InChI=1S/C17H14O5/c1-10(2)17(19)22-16-14(18)11-6-3-4-7-12(11)21-15(16)13-8-5-9-20-13/h3-10H,1-2H3. The highest BCUT2D eigenvalue weighted by atomic mass is 16.5. The molecule has 0 saturated heterocycles. The molecule has 0 aliphatic heterocycles. The average Bonchev–Trinajstić information content (AvgIpc) is 3.04. The van der Waals surface area contributed by atoms with Crippen molar-refractivity contribution in [2.45, 2.75) is 13.8 Å². The van der Waals surface area contributed by atoms with Crippen LogP contribution >= 0.6 is 0 Å². The Balaban J connectivity index is 2.27. The fourth-order valence-corrected chi connectivity index (χ4v) is 2.01. The predicted octanol–water partition coefficient (Wildman–Crippen LogP) is 3.61. The summed E-state index contributed by atoms with van der Waals surface area (Å²) in [4.78, 5) is 24.5. The Morgan fingerprint density at radius 2 is 1.91 bits per heavy atom. The minimum Gasteiger partial charge on any atom is -0.461 e. The summed E-state index contributed by atoms with van der Waals surface area (Å²) in [5, 5.41) is 0.351. The zero-order valence-corrected chi connectivity index (χ0v) is 12.2. The van der Waals surface area contributed by atoms with E-state index in [9.17, 15) is 9.59 Å². The minimum absolute atomic E-state index is 0.114. The Morgan fingerprint density at radius 1 is 1.14 bits per heavy atom. The summed E-state index contributed by atoms with van der Waals surface area (Å²) in [6, 6.07) is 10.1. The lowest BCUT2D eigenvalue weighted by atomic mass is 10.2. The molecule has 3 aromatic rings. The molecule has 0 atom stereocenters. The summed E-state index contributed by atoms with van der Waals surface area (Å²) in [7, 11) is 0. The zero-order valence-electron chi connectivity index (χ0n) is 12.2. The van der Waals surface area contributed by atoms with E-state index in [4.69, 9.17) is 13.6 Å². The fraction of sp³-hybridized carbons (Fsp3) is 0.176. The molecule has 5 heteroatoms. The van der Waals surface area contributed by atoms with Crippen LogP contribution in [-0.4, -0.2) is 5.97 Å². The molecular formula is C17H14O5. The molecule has 2 aromatic heterocycles. The SMILES string of the molecule is CC(C)C(=O)Oc1c(-c2ccco2)oc2ccccc2c1=O. The van der Waals surface area contributed by atoms with E-state index in [0.29, 0.717) is 16.7 Å². The maximum absolute atomic E-state index is 12.6. The summed E-state index contributed by atoms with van der Waals surface area (Å²) in [5.41, 5.74) is 0.00509. The fourth-order valence-electron chi connectivity index (χ4n) is 2.01. The van der Waals surface area contributed by atoms with Gasteiger partial charge in [0.05, 0.1) is 17.6 Å². The molecule has 3 rings (SSSR count). The molecule has 0 amide bonds. The molecule has 0 N–H and O–H groups in total. The molecule has 2 heterocycles. The lowest BCUT2D eigenvalue weighted by Crippen LogP contribution is -2.20. The molecule has 0 bridgehead atoms. The van der Waals surface area contributed by atoms with Crippen molar-refractivity contribution in [1.29, 1.82) is 0 Å². The maximum atomic E-state index is 12.6. The number of furan rings is 1. The minimum atomic E-state index is -0.504. The largest absolute Gasteiger partial charge is 0.461 e. The lowest BCUT2D eigenvalue weighted by Gasteiger charge is -2.10. The molecule has 5 nitrogen and oxygen atoms in total. The van der Waals surface area contributed by atoms with Gasteiger partial charge in [-0.05, 0) is 24.3 Å². The van der Waals surface area contributed by atoms with Gasteiger partial charge in [0, 0.05) is 0 Å². The van der Waals surface area contributed by atoms with E-state index in [-0.39, 0.29) is 17.4 Å². The van der Waals surface area contributed by atoms with Gasteiger partial charge in [-0.2, -0.15) is 0 Å². The molecule has 0 unspecified atom stereocenters. The van der Waals surface area contributed by atoms with Gasteiger partial charge in [-0.1, -0.05) is 26.0 Å². The summed E-state index contributed by atoms with van der Waals surface area (Å²) >= 11 is 0. The molecule has 0 radical (unpaired) electrons. The Morgan fingerprint density at radius 3 is 2.59 bits per heavy atom. The van der Waals surface area contributed by atoms with Crippen LogP contribution in [0.15, 0.2) is 56.3 Å². The second-order valence-corrected chi connectivity index (χ2v) is 5.14. The van der Waals surface area contributed by atoms with E-state index in [2.05, 4.69) is 0 Å². The topological polar surface area (TPSA) is 69.7 Å². The molecule has 22 heavy (non-hydrogen) atoms. The first-order valence-corrected chi connectivity index (χ1v) is 6.89. The van der Waals surface area contributed by atoms with Crippen LogP contribution in [0.1, 0.15) is 13.8 Å². The lowest BCUT2D eigenvalue weighted by molar-refractivity contribution is -0.137. The third-order valence-corrected chi connectivity index (χ3v) is 3.18. The Bertz CT molecular complexity index is 872. The predicted molar refractivity (Wildman–Crippen MR) is 80.7 cm³/mol. The van der Waals surface area contributed by atoms with Crippen LogP contribution in [-0.2, 0) is 4.79 Å². The third kappa shape index (κ3) is 2.41. The summed E-state index contributed by atoms with van der Waals surface area (Å²) < 4.78 is 16.3. The molecule has 112 valence electrons. The Hall–Kier alpha value is -2.82. The van der Waals surface area contributed by atoms with Crippen LogP contribution in [0.2, 0.25) is 0 Å². The van der Waals surface area contributed by atoms with Crippen molar-refractivity contribution in [3.05, 3.63) is 52.9 Å². The van der Waals surface area contributed by atoms with Crippen molar-refractivity contribution in [3.8, 4) is 17.3 Å². The smallest absolute Gasteiger partial charge is 0.314 e. The van der Waals surface area contributed by atoms with Crippen LogP contribution in [0.4, 0.5) is 0 Å². The number of fused-ring (bicyclic) bond motifs is 1. The van der Waals surface area contributed by atoms with E-state index in [1.165, 1.54) is 6.26 Å². The number of hydrogen-bond donors (Lipinski definition) is 0. The summed E-state index contributed by atoms with van der Waals surface area (Å²) in [5.74, 6) is -0.574. The first-order valence-electron chi connectivity index (χ1n) is 6.89. The highest BCUT2D eigenvalue weighted by Gasteiger charge is 2.22. The van der Waals surface area contributed by atoms with Crippen LogP contribution < -0.4 is 10.2 Å². The van der Waals surface area contributed by atoms with Gasteiger partial charge in [0.2, 0.25) is 16.9 Å². The Kier molecular flexibility index (Phi) is 3.55. The quantitative estimate of drug-likeness (QED) is 0.691. The highest BCUT2D eigenvalue weighted by Crippen LogP contribution is 2.31. The van der Waals surface area contributed by atoms with Crippen LogP contribution in [0, 0.1) is 5.92 Å². The normalized spacial score (nSPS) is 11.0. The second-order valence-electron chi connectivity index (χ2n) is 5.14. The van der Waals surface area contributed by atoms with Gasteiger partial charge in [-0.3, -0.25) is 9.59 Å². The number of rotatable bonds is 3. The van der Waals surface area contributed by atoms with Gasteiger partial charge >= 0.3 is 5.97 Å². The van der Waals surface area contributed by atoms with Gasteiger partial charge in [-0.25, -0.2) is 0 Å². The van der Waals surface area contributed by atoms with E-state index in [1.807, 2.05) is 0 Å². The van der Waals surface area contributed by atoms with Crippen molar-refractivity contribution in [3.63, 3.8) is 0 Å². The van der Waals surface area contributed by atoms with Crippen molar-refractivity contribution in [2.75, 3.05) is 0 Å². The molecule has 0 fully saturated rings. The van der Waals surface area contributed by atoms with Gasteiger partial charge in [-0.15, -0.1) is 0 Å². The molecule has 0 aliphatic carbocycles. The molecule has 0 saturated carbocycles. The highest BCUT2D eigenvalue weighted by molar-refractivity contribution is 5.83. The van der Waals surface area contributed by atoms with Gasteiger partial charge in [0.15, 0.2) is 5.76 Å².